The molecule has 1 aromatic heterocycles. The van der Waals surface area contributed by atoms with Crippen molar-refractivity contribution in [1.29, 1.82) is 0 Å². The van der Waals surface area contributed by atoms with Crippen molar-refractivity contribution >= 4 is 44.1 Å². The number of benzene rings is 6. The summed E-state index contributed by atoms with van der Waals surface area (Å²) in [7, 11) is 0. The Kier molecular flexibility index (Phi) is 4.82. The predicted octanol–water partition coefficient (Wildman–Crippen LogP) is 9.82. The molecule has 0 atom stereocenters. The fourth-order valence-electron chi connectivity index (χ4n) is 5.20. The molecule has 0 aliphatic carbocycles. The highest BCUT2D eigenvalue weighted by molar-refractivity contribution is 6.13. The number of nitrogens with one attached hydrogen (secondary N) is 1. The summed E-state index contributed by atoms with van der Waals surface area (Å²) in [5.41, 5.74) is 8.40. The Bertz CT molecular complexity index is 1860. The van der Waals surface area contributed by atoms with Crippen LogP contribution in [0, 0.1) is 0 Å². The third-order valence-corrected chi connectivity index (χ3v) is 6.89. The summed E-state index contributed by atoms with van der Waals surface area (Å²) in [6.45, 7) is 0. The van der Waals surface area contributed by atoms with Crippen LogP contribution in [0.15, 0.2) is 138 Å². The molecule has 0 saturated carbocycles. The van der Waals surface area contributed by atoms with Crippen molar-refractivity contribution in [3.05, 3.63) is 133 Å². The molecule has 1 N–H and O–H groups in total. The maximum atomic E-state index is 6.59. The third kappa shape index (κ3) is 3.35. The van der Waals surface area contributed by atoms with E-state index in [-0.39, 0.29) is 0 Å². The fraction of sp³-hybridized carbons (Fsp3) is 0. The van der Waals surface area contributed by atoms with E-state index in [4.69, 9.17) is 4.42 Å². The minimum atomic E-state index is 0.864. The van der Waals surface area contributed by atoms with Gasteiger partial charge in [0, 0.05) is 27.6 Å². The number of hydrogen-bond acceptors (Lipinski definition) is 2. The van der Waals surface area contributed by atoms with Crippen molar-refractivity contribution in [2.24, 2.45) is 0 Å². The summed E-state index contributed by atoms with van der Waals surface area (Å²) < 4.78 is 6.59. The van der Waals surface area contributed by atoms with Gasteiger partial charge in [-0.15, -0.1) is 0 Å². The van der Waals surface area contributed by atoms with Crippen molar-refractivity contribution in [1.82, 2.24) is 0 Å². The number of fused-ring (bicyclic) bond motifs is 4. The molecule has 2 heteroatoms. The highest BCUT2D eigenvalue weighted by Gasteiger charge is 2.16. The maximum Gasteiger partial charge on any atom is 0.158 e. The van der Waals surface area contributed by atoms with E-state index in [0.29, 0.717) is 0 Å². The molecule has 0 amide bonds. The zero-order valence-electron chi connectivity index (χ0n) is 19.6. The van der Waals surface area contributed by atoms with Crippen LogP contribution in [0.25, 0.3) is 55.0 Å². The Morgan fingerprint density at radius 1 is 0.389 bits per heavy atom. The van der Waals surface area contributed by atoms with Gasteiger partial charge in [0.25, 0.3) is 0 Å². The first-order valence-corrected chi connectivity index (χ1v) is 12.2. The fourth-order valence-corrected chi connectivity index (χ4v) is 5.20. The van der Waals surface area contributed by atoms with Crippen molar-refractivity contribution in [2.45, 2.75) is 0 Å². The second-order valence-corrected chi connectivity index (χ2v) is 9.03. The molecule has 0 radical (unpaired) electrons. The highest BCUT2D eigenvalue weighted by Crippen LogP contribution is 2.41. The van der Waals surface area contributed by atoms with Crippen molar-refractivity contribution < 1.29 is 4.42 Å². The molecule has 2 nitrogen and oxygen atoms in total. The first-order chi connectivity index (χ1) is 17.9. The van der Waals surface area contributed by atoms with Gasteiger partial charge in [0.2, 0.25) is 0 Å². The molecule has 0 fully saturated rings. The largest absolute Gasteiger partial charge is 0.453 e. The monoisotopic (exact) mass is 461 g/mol. The molecule has 0 unspecified atom stereocenters. The van der Waals surface area contributed by atoms with Crippen LogP contribution in [-0.2, 0) is 0 Å². The van der Waals surface area contributed by atoms with E-state index in [1.807, 2.05) is 6.07 Å². The summed E-state index contributed by atoms with van der Waals surface area (Å²) in [4.78, 5) is 0. The van der Waals surface area contributed by atoms with Gasteiger partial charge >= 0.3 is 0 Å². The summed E-state index contributed by atoms with van der Waals surface area (Å²) in [5.74, 6) is 0. The van der Waals surface area contributed by atoms with E-state index >= 15 is 0 Å². The normalized spacial score (nSPS) is 11.3. The van der Waals surface area contributed by atoms with Crippen LogP contribution >= 0.6 is 0 Å². The molecular weight excluding hydrogens is 438 g/mol. The van der Waals surface area contributed by atoms with Gasteiger partial charge in [0.15, 0.2) is 5.58 Å². The van der Waals surface area contributed by atoms with E-state index in [9.17, 15) is 0 Å². The lowest BCUT2D eigenvalue weighted by atomic mass is 9.97. The lowest BCUT2D eigenvalue weighted by Crippen LogP contribution is -1.94. The van der Waals surface area contributed by atoms with Crippen LogP contribution in [0.2, 0.25) is 0 Å². The van der Waals surface area contributed by atoms with Crippen molar-refractivity contribution in [3.8, 4) is 22.3 Å². The number of anilines is 2. The minimum absolute atomic E-state index is 0.864. The van der Waals surface area contributed by atoms with E-state index in [2.05, 4.69) is 133 Å². The van der Waals surface area contributed by atoms with E-state index < -0.39 is 0 Å². The summed E-state index contributed by atoms with van der Waals surface area (Å²) in [6, 6.07) is 46.6. The Labute approximate surface area is 209 Å². The first-order valence-electron chi connectivity index (χ1n) is 12.2. The van der Waals surface area contributed by atoms with E-state index in [1.54, 1.807) is 0 Å². The lowest BCUT2D eigenvalue weighted by molar-refractivity contribution is 0.671. The van der Waals surface area contributed by atoms with Gasteiger partial charge in [-0.05, 0) is 34.0 Å². The molecular formula is C34H23NO. The standard InChI is InChI=1S/C34H23NO/c1-2-11-24(12-3-1)26-17-9-19-29-30-20-10-22-32(34(30)36-33(26)29)35-31-21-7-6-16-28(31)27-18-8-14-23-13-4-5-15-25(23)27/h1-22,35H. The lowest BCUT2D eigenvalue weighted by Gasteiger charge is -2.14. The maximum absolute atomic E-state index is 6.59. The van der Waals surface area contributed by atoms with Crippen molar-refractivity contribution in [2.75, 3.05) is 5.32 Å². The number of rotatable bonds is 4. The van der Waals surface area contributed by atoms with E-state index in [0.717, 1.165) is 50.0 Å². The molecule has 0 spiro atoms. The first kappa shape index (κ1) is 20.5. The Morgan fingerprint density at radius 2 is 0.972 bits per heavy atom. The smallest absolute Gasteiger partial charge is 0.158 e. The van der Waals surface area contributed by atoms with Crippen LogP contribution in [0.1, 0.15) is 0 Å². The zero-order valence-corrected chi connectivity index (χ0v) is 19.6. The van der Waals surface area contributed by atoms with Gasteiger partial charge in [0.05, 0.1) is 5.69 Å². The Balaban J connectivity index is 1.39. The van der Waals surface area contributed by atoms with Gasteiger partial charge in [-0.1, -0.05) is 121 Å². The zero-order chi connectivity index (χ0) is 23.9. The van der Waals surface area contributed by atoms with E-state index in [1.165, 1.54) is 16.3 Å². The number of furan rings is 1. The predicted molar refractivity (Wildman–Crippen MR) is 152 cm³/mol. The van der Waals surface area contributed by atoms with Gasteiger partial charge in [-0.3, -0.25) is 0 Å². The van der Waals surface area contributed by atoms with Crippen LogP contribution in [0.5, 0.6) is 0 Å². The summed E-state index contributed by atoms with van der Waals surface area (Å²) in [6.07, 6.45) is 0. The molecule has 6 aromatic carbocycles. The number of hydrogen-bond donors (Lipinski definition) is 1. The third-order valence-electron chi connectivity index (χ3n) is 6.89. The Morgan fingerprint density at radius 3 is 1.89 bits per heavy atom. The average molecular weight is 462 g/mol. The van der Waals surface area contributed by atoms with Crippen LogP contribution in [-0.4, -0.2) is 0 Å². The average Bonchev–Trinajstić information content (AvgIpc) is 3.34. The Hall–Kier alpha value is -4.82. The molecule has 0 aliphatic rings. The summed E-state index contributed by atoms with van der Waals surface area (Å²) >= 11 is 0. The quantitative estimate of drug-likeness (QED) is 0.282. The second kappa shape index (κ2) is 8.44. The molecule has 1 heterocycles. The molecule has 170 valence electrons. The number of para-hydroxylation sites is 3. The van der Waals surface area contributed by atoms with Crippen LogP contribution in [0.4, 0.5) is 11.4 Å². The molecule has 7 aromatic rings. The molecule has 0 aliphatic heterocycles. The molecule has 0 saturated heterocycles. The highest BCUT2D eigenvalue weighted by atomic mass is 16.3. The van der Waals surface area contributed by atoms with Gasteiger partial charge in [-0.2, -0.15) is 0 Å². The summed E-state index contributed by atoms with van der Waals surface area (Å²) in [5, 5.41) is 8.41. The molecule has 0 bridgehead atoms. The van der Waals surface area contributed by atoms with Crippen LogP contribution < -0.4 is 5.32 Å². The van der Waals surface area contributed by atoms with Crippen molar-refractivity contribution in [3.63, 3.8) is 0 Å². The van der Waals surface area contributed by atoms with Gasteiger partial charge in [-0.25, -0.2) is 0 Å². The molecule has 7 rings (SSSR count). The topological polar surface area (TPSA) is 25.2 Å². The second-order valence-electron chi connectivity index (χ2n) is 9.03. The SMILES string of the molecule is c1ccc(-c2cccc3c2oc2c(Nc4ccccc4-c4cccc5ccccc45)cccc23)cc1. The van der Waals surface area contributed by atoms with Gasteiger partial charge in [0.1, 0.15) is 5.58 Å². The molecule has 36 heavy (non-hydrogen) atoms. The van der Waals surface area contributed by atoms with Crippen LogP contribution in [0.3, 0.4) is 0 Å². The minimum Gasteiger partial charge on any atom is -0.453 e. The van der Waals surface area contributed by atoms with Gasteiger partial charge < -0.3 is 9.73 Å².